The van der Waals surface area contributed by atoms with E-state index < -0.39 is 40.8 Å². The zero-order valence-electron chi connectivity index (χ0n) is 76.3. The third kappa shape index (κ3) is 33.2. The highest BCUT2D eigenvalue weighted by Gasteiger charge is 2.26. The Morgan fingerprint density at radius 3 is 1.31 bits per heavy atom. The van der Waals surface area contributed by atoms with Crippen LogP contribution in [0.1, 0.15) is 128 Å². The number of nitrogens with zero attached hydrogens (tertiary/aromatic N) is 9. The number of terminal acetylenes is 1. The molecule has 21 nitrogen and oxygen atoms in total. The molecule has 10 aromatic heterocycles. The number of hydrogen-bond donors (Lipinski definition) is 3. The fourth-order valence-electron chi connectivity index (χ4n) is 12.2. The predicted octanol–water partition coefficient (Wildman–Crippen LogP) is 28.0. The summed E-state index contributed by atoms with van der Waals surface area (Å²) in [5.74, 6) is 20.8. The number of nitrogens with one attached hydrogen (secondary N) is 3. The fraction of sp³-hybridized carbons (Fsp3) is 0.145. The molecule has 26 heteroatoms. The van der Waals surface area contributed by atoms with Gasteiger partial charge in [-0.1, -0.05) is 157 Å². The van der Waals surface area contributed by atoms with Crippen molar-refractivity contribution in [3.05, 3.63) is 399 Å². The van der Waals surface area contributed by atoms with E-state index in [-0.39, 0.29) is 11.9 Å². The molecule has 3 N–H and O–H groups in total. The third-order valence-corrected chi connectivity index (χ3v) is 20.9. The Balaban J connectivity index is 0.000000162. The van der Waals surface area contributed by atoms with Crippen LogP contribution < -0.4 is 0 Å². The number of carbonyl (C=O) groups is 4. The molecule has 18 rings (SSSR count). The van der Waals surface area contributed by atoms with Crippen LogP contribution in [0.25, 0.3) is 75.9 Å². The van der Waals surface area contributed by atoms with E-state index in [9.17, 15) is 23.6 Å². The van der Waals surface area contributed by atoms with E-state index in [1.807, 2.05) is 271 Å². The van der Waals surface area contributed by atoms with Gasteiger partial charge in [-0.3, -0.25) is 9.13 Å². The first-order valence-electron chi connectivity index (χ1n) is 42.1. The van der Waals surface area contributed by atoms with Crippen LogP contribution in [0, 0.1) is 85.9 Å². The van der Waals surface area contributed by atoms with Crippen molar-refractivity contribution >= 4 is 186 Å². The molecule has 0 aliphatic rings. The van der Waals surface area contributed by atoms with Gasteiger partial charge in [0.1, 0.15) is 51.0 Å². The largest absolute Gasteiger partial charge is 0.519 e. The lowest BCUT2D eigenvalue weighted by Crippen LogP contribution is -2.29. The summed E-state index contributed by atoms with van der Waals surface area (Å²) in [5.41, 5.74) is 11.4. The lowest BCUT2D eigenvalue weighted by atomic mass is 10.2. The number of H-pyrrole nitrogens is 3. The van der Waals surface area contributed by atoms with Crippen LogP contribution in [0.15, 0.2) is 323 Å². The molecule has 0 radical (unpaired) electrons. The van der Waals surface area contributed by atoms with Crippen LogP contribution in [0.2, 0.25) is 0 Å². The second-order valence-corrected chi connectivity index (χ2v) is 37.8. The van der Waals surface area contributed by atoms with E-state index in [2.05, 4.69) is 219 Å². The molecular formula is C110H93FI4N12O9. The summed E-state index contributed by atoms with van der Waals surface area (Å²) in [4.78, 5) is 76.1. The van der Waals surface area contributed by atoms with Crippen molar-refractivity contribution in [2.75, 3.05) is 0 Å². The average molecular weight is 2250 g/mol. The van der Waals surface area contributed by atoms with Crippen LogP contribution in [-0.2, 0) is 23.7 Å². The maximum Gasteiger partial charge on any atom is 0.519 e. The molecule has 0 bridgehead atoms. The number of aromatic nitrogens is 10. The van der Waals surface area contributed by atoms with Gasteiger partial charge in [0.15, 0.2) is 5.69 Å². The maximum absolute atomic E-state index is 12.5. The fourth-order valence-corrected chi connectivity index (χ4v) is 14.8. The summed E-state index contributed by atoms with van der Waals surface area (Å²) in [6, 6.07) is 84.7. The zero-order valence-corrected chi connectivity index (χ0v) is 84.9. The van der Waals surface area contributed by atoms with Gasteiger partial charge in [0.2, 0.25) is 0 Å². The minimum atomic E-state index is -1.06. The number of para-hydroxylation sites is 6. The van der Waals surface area contributed by atoms with Crippen LogP contribution >= 0.6 is 90.4 Å². The van der Waals surface area contributed by atoms with Gasteiger partial charge in [-0.25, -0.2) is 48.3 Å². The van der Waals surface area contributed by atoms with Crippen molar-refractivity contribution in [3.8, 4) is 59.6 Å². The SMILES string of the molecule is C#Cc1ccccn1.C(#Cc1c[nH]c2ccccc12)c1ccccn1.CC(C)(C)OC(=O)OC(=O)OC(C)(C)C.CC(C)(C)OC(=O)n1cc(C#Cc2ccccn2)c2ccccc21.CC(C)(C)OC(=O)n1cc(I)c2ccccc21.Ic1c[nH]c2ccccc12.N#Cc1cc(F)cc(I)c1.[C-]#[N+]c1cc(I)cc(-n2cc(C#Cc3ccccn3)c3ccccc32)c1.c1ccc2[nH]ccc2c1. The van der Waals surface area contributed by atoms with Gasteiger partial charge in [0.25, 0.3) is 0 Å². The molecule has 8 aromatic carbocycles. The Morgan fingerprint density at radius 1 is 0.412 bits per heavy atom. The first kappa shape index (κ1) is 103. The highest BCUT2D eigenvalue weighted by atomic mass is 127. The Hall–Kier alpha value is -14.7. The number of pyridine rings is 4. The molecule has 0 saturated heterocycles. The van der Waals surface area contributed by atoms with Gasteiger partial charge in [-0.05, 0) is 324 Å². The van der Waals surface area contributed by atoms with Gasteiger partial charge < -0.3 is 43.2 Å². The second-order valence-electron chi connectivity index (χ2n) is 33.0. The summed E-state index contributed by atoms with van der Waals surface area (Å²) in [7, 11) is 0. The summed E-state index contributed by atoms with van der Waals surface area (Å²) in [6.45, 7) is 28.5. The number of hydrogen-bond acceptors (Lipinski definition) is 14. The number of benzene rings is 8. The molecule has 682 valence electrons. The summed E-state index contributed by atoms with van der Waals surface area (Å²) in [6.07, 6.45) is 20.5. The summed E-state index contributed by atoms with van der Waals surface area (Å²) < 4.78 is 46.4. The molecule has 0 saturated carbocycles. The van der Waals surface area contributed by atoms with Gasteiger partial charge in [0, 0.05) is 125 Å². The summed E-state index contributed by atoms with van der Waals surface area (Å²) >= 11 is 8.75. The third-order valence-electron chi connectivity index (χ3n) is 17.9. The Labute approximate surface area is 843 Å². The van der Waals surface area contributed by atoms with Gasteiger partial charge in [-0.2, -0.15) is 5.26 Å². The van der Waals surface area contributed by atoms with Crippen molar-refractivity contribution in [3.63, 3.8) is 0 Å². The van der Waals surface area contributed by atoms with Crippen LogP contribution in [0.4, 0.5) is 29.3 Å². The van der Waals surface area contributed by atoms with Crippen LogP contribution in [0.3, 0.4) is 0 Å². The van der Waals surface area contributed by atoms with Crippen molar-refractivity contribution < 1.29 is 47.3 Å². The minimum Gasteiger partial charge on any atom is -0.443 e. The quantitative estimate of drug-likeness (QED) is 0.0345. The van der Waals surface area contributed by atoms with Crippen LogP contribution in [0.5, 0.6) is 0 Å². The topological polar surface area (TPSA) is 256 Å². The second kappa shape index (κ2) is 49.9. The van der Waals surface area contributed by atoms with E-state index in [1.165, 1.54) is 42.1 Å². The van der Waals surface area contributed by atoms with E-state index in [4.69, 9.17) is 37.2 Å². The minimum absolute atomic E-state index is 0.336. The van der Waals surface area contributed by atoms with E-state index in [0.717, 1.165) is 88.1 Å². The highest BCUT2D eigenvalue weighted by Crippen LogP contribution is 2.31. The maximum atomic E-state index is 12.5. The number of aromatic amines is 3. The number of ether oxygens (including phenoxy) is 5. The van der Waals surface area contributed by atoms with Crippen molar-refractivity contribution in [1.29, 1.82) is 5.26 Å². The number of carbonyl (C=O) groups excluding carboxylic acids is 4. The first-order valence-corrected chi connectivity index (χ1v) is 46.4. The molecule has 0 spiro atoms. The molecule has 18 aromatic rings. The molecule has 0 fully saturated rings. The average Bonchev–Trinajstić information content (AvgIpc) is 1.64. The predicted molar refractivity (Wildman–Crippen MR) is 570 cm³/mol. The van der Waals surface area contributed by atoms with Crippen LogP contribution in [-0.4, -0.2) is 95.5 Å². The van der Waals surface area contributed by atoms with Gasteiger partial charge in [0.05, 0.1) is 51.4 Å². The lowest BCUT2D eigenvalue weighted by molar-refractivity contribution is -0.0294. The van der Waals surface area contributed by atoms with Gasteiger partial charge in [-0.15, -0.1) is 6.42 Å². The van der Waals surface area contributed by atoms with Crippen molar-refractivity contribution in [2.24, 2.45) is 0 Å². The molecule has 0 aliphatic carbocycles. The van der Waals surface area contributed by atoms with Crippen molar-refractivity contribution in [2.45, 2.75) is 105 Å². The lowest BCUT2D eigenvalue weighted by Gasteiger charge is -2.20. The highest BCUT2D eigenvalue weighted by molar-refractivity contribution is 14.1. The Bertz CT molecular complexity index is 7420. The van der Waals surface area contributed by atoms with Gasteiger partial charge >= 0.3 is 24.5 Å². The Kier molecular flexibility index (Phi) is 38.0. The molecular weight excluding hydrogens is 2160 g/mol. The smallest absolute Gasteiger partial charge is 0.443 e. The standard InChI is InChI=1S/C22H12IN3.C20H18N2O2.C15H10N2.C13H14INO2.C10H18O5.C8H6IN.C8H7N.C7H3FIN.C7H5N/c1-24-19-12-17(23)13-20(14-19)26-15-16(21-7-2-3-8-22(21)26)9-10-18-6-4-5-11-25-18;1-20(2,3)24-19(23)22-14-15(17-9-4-5-10-18(17)22)11-12-16-8-6-7-13-21-16;1-2-7-15-14(6-1)12(11-17-15)8-9-13-5-3-4-10-16-13;1-13(2,3)17-12(16)15-8-10(14)9-6-4-5-7-11(9)15;1-9(2,3)14-7(11)13-8(12)15-10(4,5)6;9-7-5-10-8-4-2-1-3-6(7)8;1-2-4-8-7(3-1)5-6-9-8;8-6-1-5(4-10)2-7(9)3-6;1-2-7-5-3-4-6-8-7/h2-8,11-15H;4-10,13-14H,1-3H3;1-7,10-11,17H;4-8H,1-3H3;1-6H3;1-5,10H;1-6,9H;1-3H;1,3-6H. The van der Waals surface area contributed by atoms with E-state index in [1.54, 1.807) is 95.4 Å². The summed E-state index contributed by atoms with van der Waals surface area (Å²) in [5, 5.41) is 15.2. The molecule has 136 heavy (non-hydrogen) atoms. The van der Waals surface area contributed by atoms with Crippen molar-refractivity contribution in [1.82, 2.24) is 48.6 Å². The molecule has 0 unspecified atom stereocenters. The number of fused-ring (bicyclic) bond motifs is 6. The number of halogens is 5. The van der Waals surface area contributed by atoms with E-state index in [0.29, 0.717) is 22.6 Å². The normalized spacial score (nSPS) is 10.5. The first-order chi connectivity index (χ1) is 65.0. The monoisotopic (exact) mass is 2250 g/mol. The Morgan fingerprint density at radius 2 is 0.831 bits per heavy atom. The number of rotatable bonds is 1. The zero-order chi connectivity index (χ0) is 98.0. The molecule has 0 aliphatic heterocycles. The van der Waals surface area contributed by atoms with E-state index >= 15 is 0 Å². The molecule has 10 heterocycles. The molecule has 0 atom stereocenters. The number of nitriles is 1. The molecule has 0 amide bonds.